The monoisotopic (exact) mass is 285 g/mol. The van der Waals surface area contributed by atoms with Gasteiger partial charge in [0.2, 0.25) is 5.95 Å². The van der Waals surface area contributed by atoms with Crippen molar-refractivity contribution in [2.24, 2.45) is 0 Å². The molecule has 0 bridgehead atoms. The fourth-order valence-electron chi connectivity index (χ4n) is 2.52. The molecule has 3 heterocycles. The minimum atomic E-state index is 0.197. The van der Waals surface area contributed by atoms with E-state index >= 15 is 0 Å². The number of hydrogen-bond acceptors (Lipinski definition) is 6. The number of ether oxygens (including phenoxy) is 1. The van der Waals surface area contributed by atoms with Gasteiger partial charge < -0.3 is 9.64 Å². The van der Waals surface area contributed by atoms with Crippen LogP contribution in [0.15, 0.2) is 24.8 Å². The standard InChI is InChI=1S/C15H19N5O/c1-10-8-20(9-11(2)21-10)15-18-6-14(7-19-15)13-4-16-12(3)17-5-13/h4-7,10-11H,8-9H2,1-3H3. The van der Waals surface area contributed by atoms with E-state index < -0.39 is 0 Å². The molecule has 21 heavy (non-hydrogen) atoms. The molecule has 0 radical (unpaired) electrons. The summed E-state index contributed by atoms with van der Waals surface area (Å²) in [6.07, 6.45) is 7.62. The Morgan fingerprint density at radius 1 is 0.905 bits per heavy atom. The van der Waals surface area contributed by atoms with Gasteiger partial charge in [0.1, 0.15) is 5.82 Å². The molecule has 1 fully saturated rings. The maximum absolute atomic E-state index is 5.73. The Morgan fingerprint density at radius 2 is 1.38 bits per heavy atom. The molecule has 1 aliphatic heterocycles. The van der Waals surface area contributed by atoms with E-state index in [-0.39, 0.29) is 12.2 Å². The van der Waals surface area contributed by atoms with Gasteiger partial charge in [-0.05, 0) is 20.8 Å². The van der Waals surface area contributed by atoms with E-state index in [1.807, 2.05) is 19.3 Å². The zero-order valence-corrected chi connectivity index (χ0v) is 12.5. The summed E-state index contributed by atoms with van der Waals surface area (Å²) < 4.78 is 5.73. The molecule has 1 saturated heterocycles. The lowest BCUT2D eigenvalue weighted by Crippen LogP contribution is -2.46. The third-order valence-corrected chi connectivity index (χ3v) is 3.45. The van der Waals surface area contributed by atoms with Crippen molar-refractivity contribution in [2.45, 2.75) is 33.0 Å². The first kappa shape index (κ1) is 13.9. The molecule has 2 atom stereocenters. The molecular weight excluding hydrogens is 266 g/mol. The van der Waals surface area contributed by atoms with Crippen molar-refractivity contribution in [1.29, 1.82) is 0 Å². The first-order valence-corrected chi connectivity index (χ1v) is 7.13. The summed E-state index contributed by atoms with van der Waals surface area (Å²) in [5.74, 6) is 1.50. The fourth-order valence-corrected chi connectivity index (χ4v) is 2.52. The van der Waals surface area contributed by atoms with E-state index in [0.29, 0.717) is 0 Å². The van der Waals surface area contributed by atoms with Gasteiger partial charge >= 0.3 is 0 Å². The Kier molecular flexibility index (Phi) is 3.79. The molecule has 2 aromatic heterocycles. The van der Waals surface area contributed by atoms with Crippen molar-refractivity contribution in [3.8, 4) is 11.1 Å². The largest absolute Gasteiger partial charge is 0.372 e. The second-order valence-corrected chi connectivity index (χ2v) is 5.45. The van der Waals surface area contributed by atoms with Gasteiger partial charge in [-0.15, -0.1) is 0 Å². The fraction of sp³-hybridized carbons (Fsp3) is 0.467. The van der Waals surface area contributed by atoms with Crippen molar-refractivity contribution in [2.75, 3.05) is 18.0 Å². The van der Waals surface area contributed by atoms with Crippen LogP contribution in [0.4, 0.5) is 5.95 Å². The van der Waals surface area contributed by atoms with Gasteiger partial charge in [0.05, 0.1) is 12.2 Å². The number of anilines is 1. The van der Waals surface area contributed by atoms with E-state index in [4.69, 9.17) is 4.74 Å². The smallest absolute Gasteiger partial charge is 0.225 e. The van der Waals surface area contributed by atoms with Crippen LogP contribution in [-0.2, 0) is 4.74 Å². The second-order valence-electron chi connectivity index (χ2n) is 5.45. The lowest BCUT2D eigenvalue weighted by Gasteiger charge is -2.35. The van der Waals surface area contributed by atoms with Crippen molar-refractivity contribution >= 4 is 5.95 Å². The Bertz CT molecular complexity index is 588. The highest BCUT2D eigenvalue weighted by Crippen LogP contribution is 2.20. The van der Waals surface area contributed by atoms with Crippen LogP contribution >= 0.6 is 0 Å². The summed E-state index contributed by atoms with van der Waals surface area (Å²) in [5.41, 5.74) is 1.85. The van der Waals surface area contributed by atoms with Gasteiger partial charge in [0.25, 0.3) is 0 Å². The lowest BCUT2D eigenvalue weighted by molar-refractivity contribution is -0.00571. The van der Waals surface area contributed by atoms with Gasteiger partial charge in [-0.1, -0.05) is 0 Å². The second kappa shape index (κ2) is 5.73. The Labute approximate surface area is 124 Å². The molecule has 3 rings (SSSR count). The average molecular weight is 285 g/mol. The minimum Gasteiger partial charge on any atom is -0.372 e. The SMILES string of the molecule is Cc1ncc(-c2cnc(N3CC(C)OC(C)C3)nc2)cn1. The highest BCUT2D eigenvalue weighted by molar-refractivity contribution is 5.59. The topological polar surface area (TPSA) is 64.0 Å². The predicted molar refractivity (Wildman–Crippen MR) is 80.0 cm³/mol. The number of aryl methyl sites for hydroxylation is 1. The number of aromatic nitrogens is 4. The predicted octanol–water partition coefficient (Wildman–Crippen LogP) is 1.86. The zero-order valence-electron chi connectivity index (χ0n) is 12.5. The Morgan fingerprint density at radius 3 is 1.90 bits per heavy atom. The van der Waals surface area contributed by atoms with Crippen LogP contribution in [0.5, 0.6) is 0 Å². The van der Waals surface area contributed by atoms with Crippen LogP contribution in [-0.4, -0.2) is 45.2 Å². The van der Waals surface area contributed by atoms with Crippen LogP contribution in [0.1, 0.15) is 19.7 Å². The van der Waals surface area contributed by atoms with Crippen molar-refractivity contribution in [1.82, 2.24) is 19.9 Å². The van der Waals surface area contributed by atoms with Crippen LogP contribution in [0.3, 0.4) is 0 Å². The van der Waals surface area contributed by atoms with Crippen LogP contribution < -0.4 is 4.90 Å². The zero-order chi connectivity index (χ0) is 14.8. The van der Waals surface area contributed by atoms with E-state index in [1.165, 1.54) is 0 Å². The molecule has 2 unspecified atom stereocenters. The maximum atomic E-state index is 5.73. The molecule has 0 N–H and O–H groups in total. The van der Waals surface area contributed by atoms with Crippen LogP contribution in [0.25, 0.3) is 11.1 Å². The molecule has 1 aliphatic rings. The first-order valence-electron chi connectivity index (χ1n) is 7.13. The molecule has 0 spiro atoms. The Hall–Kier alpha value is -2.08. The highest BCUT2D eigenvalue weighted by atomic mass is 16.5. The molecule has 0 aromatic carbocycles. The number of hydrogen-bond donors (Lipinski definition) is 0. The normalized spacial score (nSPS) is 22.3. The summed E-state index contributed by atoms with van der Waals surface area (Å²) in [6.45, 7) is 7.64. The molecule has 6 heteroatoms. The minimum absolute atomic E-state index is 0.197. The molecular formula is C15H19N5O. The van der Waals surface area contributed by atoms with Gasteiger partial charge in [-0.3, -0.25) is 0 Å². The van der Waals surface area contributed by atoms with Crippen molar-refractivity contribution in [3.05, 3.63) is 30.6 Å². The van der Waals surface area contributed by atoms with Crippen molar-refractivity contribution < 1.29 is 4.74 Å². The summed E-state index contributed by atoms with van der Waals surface area (Å²) in [6, 6.07) is 0. The summed E-state index contributed by atoms with van der Waals surface area (Å²) in [4.78, 5) is 19.5. The van der Waals surface area contributed by atoms with Crippen molar-refractivity contribution in [3.63, 3.8) is 0 Å². The quantitative estimate of drug-likeness (QED) is 0.839. The Balaban J connectivity index is 1.79. The van der Waals surface area contributed by atoms with Gasteiger partial charge in [0, 0.05) is 49.0 Å². The molecule has 0 amide bonds. The first-order chi connectivity index (χ1) is 10.1. The van der Waals surface area contributed by atoms with E-state index in [2.05, 4.69) is 38.7 Å². The highest BCUT2D eigenvalue weighted by Gasteiger charge is 2.23. The number of nitrogens with zero attached hydrogens (tertiary/aromatic N) is 5. The maximum Gasteiger partial charge on any atom is 0.225 e. The van der Waals surface area contributed by atoms with E-state index in [0.717, 1.165) is 36.0 Å². The molecule has 2 aromatic rings. The van der Waals surface area contributed by atoms with Crippen LogP contribution in [0, 0.1) is 6.92 Å². The third-order valence-electron chi connectivity index (χ3n) is 3.45. The van der Waals surface area contributed by atoms with Gasteiger partial charge in [-0.2, -0.15) is 0 Å². The number of rotatable bonds is 2. The van der Waals surface area contributed by atoms with Gasteiger partial charge in [-0.25, -0.2) is 19.9 Å². The summed E-state index contributed by atoms with van der Waals surface area (Å²) in [5, 5.41) is 0. The average Bonchev–Trinajstić information content (AvgIpc) is 2.47. The van der Waals surface area contributed by atoms with Crippen LogP contribution in [0.2, 0.25) is 0 Å². The molecule has 0 saturated carbocycles. The lowest BCUT2D eigenvalue weighted by atomic mass is 10.2. The van der Waals surface area contributed by atoms with E-state index in [1.54, 1.807) is 12.4 Å². The van der Waals surface area contributed by atoms with Gasteiger partial charge in [0.15, 0.2) is 0 Å². The summed E-state index contributed by atoms with van der Waals surface area (Å²) >= 11 is 0. The van der Waals surface area contributed by atoms with E-state index in [9.17, 15) is 0 Å². The summed E-state index contributed by atoms with van der Waals surface area (Å²) in [7, 11) is 0. The third kappa shape index (κ3) is 3.16. The molecule has 110 valence electrons. The molecule has 0 aliphatic carbocycles. The molecule has 6 nitrogen and oxygen atoms in total. The number of morpholine rings is 1.